The summed E-state index contributed by atoms with van der Waals surface area (Å²) in [5.74, 6) is 0.925. The summed E-state index contributed by atoms with van der Waals surface area (Å²) < 4.78 is 0. The molecule has 0 radical (unpaired) electrons. The third kappa shape index (κ3) is 3.11. The molecule has 0 fully saturated rings. The molecular formula is C26H23N3O. The summed E-state index contributed by atoms with van der Waals surface area (Å²) in [5, 5.41) is 0. The van der Waals surface area contributed by atoms with Crippen molar-refractivity contribution >= 4 is 34.8 Å². The van der Waals surface area contributed by atoms with Gasteiger partial charge in [0, 0.05) is 0 Å². The molecule has 148 valence electrons. The van der Waals surface area contributed by atoms with Crippen LogP contribution in [0.25, 0.3) is 23.2 Å². The maximum absolute atomic E-state index is 13.2. The van der Waals surface area contributed by atoms with Gasteiger partial charge in [0.25, 0.3) is 0 Å². The summed E-state index contributed by atoms with van der Waals surface area (Å²) in [6.07, 6.45) is 4.03. The van der Waals surface area contributed by atoms with Crippen LogP contribution in [0.15, 0.2) is 72.8 Å². The third-order valence-corrected chi connectivity index (χ3v) is 5.78. The summed E-state index contributed by atoms with van der Waals surface area (Å²) in [4.78, 5) is 23.2. The standard InChI is InChI=1S/C26H23N3O/c1-26(2)20-15-21-22(28-24(27-21)14-13-18-9-5-3-6-10-18)16-23(20)29(25(26)30)17-19-11-7-4-8-12-19/h3-16H,17H2,1-2H3,(H,27,28)/b14-13+. The highest BCUT2D eigenvalue weighted by Crippen LogP contribution is 2.44. The minimum Gasteiger partial charge on any atom is -0.338 e. The van der Waals surface area contributed by atoms with Crippen molar-refractivity contribution in [1.29, 1.82) is 0 Å². The van der Waals surface area contributed by atoms with Crippen molar-refractivity contribution in [2.45, 2.75) is 25.8 Å². The number of anilines is 1. The lowest BCUT2D eigenvalue weighted by molar-refractivity contribution is -0.122. The van der Waals surface area contributed by atoms with Crippen molar-refractivity contribution in [3.63, 3.8) is 0 Å². The highest BCUT2D eigenvalue weighted by Gasteiger charge is 2.44. The Kier molecular flexibility index (Phi) is 4.28. The van der Waals surface area contributed by atoms with Crippen LogP contribution >= 0.6 is 0 Å². The van der Waals surface area contributed by atoms with Gasteiger partial charge in [-0.2, -0.15) is 0 Å². The van der Waals surface area contributed by atoms with E-state index in [9.17, 15) is 4.79 Å². The van der Waals surface area contributed by atoms with Gasteiger partial charge in [0.1, 0.15) is 5.82 Å². The van der Waals surface area contributed by atoms with Crippen LogP contribution in [0.1, 0.15) is 36.4 Å². The molecule has 1 aliphatic heterocycles. The highest BCUT2D eigenvalue weighted by molar-refractivity contribution is 6.09. The first kappa shape index (κ1) is 18.4. The first-order chi connectivity index (χ1) is 14.5. The van der Waals surface area contributed by atoms with E-state index < -0.39 is 5.41 Å². The van der Waals surface area contributed by atoms with Gasteiger partial charge < -0.3 is 9.88 Å². The van der Waals surface area contributed by atoms with E-state index in [0.717, 1.165) is 39.2 Å². The normalized spacial score (nSPS) is 15.3. The summed E-state index contributed by atoms with van der Waals surface area (Å²) in [6, 6.07) is 24.4. The summed E-state index contributed by atoms with van der Waals surface area (Å²) in [5.41, 5.74) is 5.48. The van der Waals surface area contributed by atoms with Crippen molar-refractivity contribution in [3.8, 4) is 0 Å². The van der Waals surface area contributed by atoms with Crippen LogP contribution in [0.5, 0.6) is 0 Å². The van der Waals surface area contributed by atoms with E-state index in [1.54, 1.807) is 0 Å². The highest BCUT2D eigenvalue weighted by atomic mass is 16.2. The maximum atomic E-state index is 13.2. The monoisotopic (exact) mass is 393 g/mol. The second kappa shape index (κ2) is 6.99. The molecule has 4 nitrogen and oxygen atoms in total. The zero-order chi connectivity index (χ0) is 20.7. The number of H-pyrrole nitrogens is 1. The van der Waals surface area contributed by atoms with Gasteiger partial charge in [0.2, 0.25) is 5.91 Å². The van der Waals surface area contributed by atoms with Gasteiger partial charge >= 0.3 is 0 Å². The molecule has 0 atom stereocenters. The molecule has 1 aliphatic rings. The van der Waals surface area contributed by atoms with E-state index in [-0.39, 0.29) is 5.91 Å². The van der Waals surface area contributed by atoms with Crippen LogP contribution in [0.4, 0.5) is 5.69 Å². The van der Waals surface area contributed by atoms with Crippen LogP contribution in [0.3, 0.4) is 0 Å². The number of hydrogen-bond donors (Lipinski definition) is 1. The summed E-state index contributed by atoms with van der Waals surface area (Å²) >= 11 is 0. The molecule has 0 aliphatic carbocycles. The number of nitrogens with zero attached hydrogens (tertiary/aromatic N) is 2. The van der Waals surface area contributed by atoms with Crippen molar-refractivity contribution in [1.82, 2.24) is 9.97 Å². The van der Waals surface area contributed by atoms with Crippen LogP contribution < -0.4 is 4.90 Å². The number of carbonyl (C=O) groups is 1. The molecule has 1 N–H and O–H groups in total. The van der Waals surface area contributed by atoms with E-state index in [1.807, 2.05) is 73.4 Å². The molecule has 3 aromatic carbocycles. The minimum atomic E-state index is -0.566. The molecule has 5 rings (SSSR count). The average Bonchev–Trinajstić information content (AvgIpc) is 3.25. The van der Waals surface area contributed by atoms with Gasteiger partial charge in [0.15, 0.2) is 0 Å². The number of rotatable bonds is 4. The maximum Gasteiger partial charge on any atom is 0.237 e. The molecule has 1 amide bonds. The van der Waals surface area contributed by atoms with E-state index in [0.29, 0.717) is 6.54 Å². The van der Waals surface area contributed by atoms with E-state index >= 15 is 0 Å². The fourth-order valence-electron chi connectivity index (χ4n) is 4.09. The second-order valence-corrected chi connectivity index (χ2v) is 8.25. The number of imidazole rings is 1. The lowest BCUT2D eigenvalue weighted by Crippen LogP contribution is -2.35. The summed E-state index contributed by atoms with van der Waals surface area (Å²) in [6.45, 7) is 4.56. The topological polar surface area (TPSA) is 49.0 Å². The van der Waals surface area contributed by atoms with Crippen LogP contribution in [0, 0.1) is 0 Å². The number of aromatic nitrogens is 2. The molecule has 0 spiro atoms. The molecule has 1 aromatic heterocycles. The Hall–Kier alpha value is -3.66. The van der Waals surface area contributed by atoms with E-state index in [2.05, 4.69) is 35.3 Å². The molecule has 4 heteroatoms. The zero-order valence-electron chi connectivity index (χ0n) is 17.1. The Morgan fingerprint density at radius 3 is 2.40 bits per heavy atom. The lowest BCUT2D eigenvalue weighted by Gasteiger charge is -2.20. The van der Waals surface area contributed by atoms with Crippen molar-refractivity contribution in [2.24, 2.45) is 0 Å². The van der Waals surface area contributed by atoms with Crippen LogP contribution in [-0.4, -0.2) is 15.9 Å². The predicted molar refractivity (Wildman–Crippen MR) is 122 cm³/mol. The Bertz CT molecular complexity index is 1250. The summed E-state index contributed by atoms with van der Waals surface area (Å²) in [7, 11) is 0. The van der Waals surface area contributed by atoms with E-state index in [1.165, 1.54) is 0 Å². The molecule has 30 heavy (non-hydrogen) atoms. The van der Waals surface area contributed by atoms with Gasteiger partial charge in [-0.1, -0.05) is 66.7 Å². The molecular weight excluding hydrogens is 370 g/mol. The SMILES string of the molecule is CC1(C)C(=O)N(Cc2ccccc2)c2cc3nc(/C=C/c4ccccc4)[nH]c3cc21. The average molecular weight is 393 g/mol. The van der Waals surface area contributed by atoms with Crippen molar-refractivity contribution < 1.29 is 4.79 Å². The van der Waals surface area contributed by atoms with Crippen LogP contribution in [0.2, 0.25) is 0 Å². The lowest BCUT2D eigenvalue weighted by atomic mass is 9.86. The molecule has 0 unspecified atom stereocenters. The van der Waals surface area contributed by atoms with Crippen molar-refractivity contribution in [3.05, 3.63) is 95.3 Å². The van der Waals surface area contributed by atoms with Gasteiger partial charge in [0.05, 0.1) is 28.7 Å². The number of hydrogen-bond acceptors (Lipinski definition) is 2. The molecule has 4 aromatic rings. The van der Waals surface area contributed by atoms with Crippen LogP contribution in [-0.2, 0) is 16.8 Å². The quantitative estimate of drug-likeness (QED) is 0.494. The number of benzene rings is 3. The van der Waals surface area contributed by atoms with Crippen molar-refractivity contribution in [2.75, 3.05) is 4.90 Å². The largest absolute Gasteiger partial charge is 0.338 e. The number of fused-ring (bicyclic) bond motifs is 2. The smallest absolute Gasteiger partial charge is 0.237 e. The van der Waals surface area contributed by atoms with E-state index in [4.69, 9.17) is 4.98 Å². The van der Waals surface area contributed by atoms with Gasteiger partial charge in [-0.15, -0.1) is 0 Å². The Labute approximate surface area is 175 Å². The Balaban J connectivity index is 1.53. The Morgan fingerprint density at radius 1 is 0.967 bits per heavy atom. The van der Waals surface area contributed by atoms with Gasteiger partial charge in [-0.3, -0.25) is 4.79 Å². The fraction of sp³-hybridized carbons (Fsp3) is 0.154. The van der Waals surface area contributed by atoms with Gasteiger partial charge in [-0.05, 0) is 48.7 Å². The number of amides is 1. The second-order valence-electron chi connectivity index (χ2n) is 8.25. The number of aromatic amines is 1. The fourth-order valence-corrected chi connectivity index (χ4v) is 4.09. The van der Waals surface area contributed by atoms with Gasteiger partial charge in [-0.25, -0.2) is 4.98 Å². The third-order valence-electron chi connectivity index (χ3n) is 5.78. The first-order valence-electron chi connectivity index (χ1n) is 10.2. The Morgan fingerprint density at radius 2 is 1.67 bits per heavy atom. The first-order valence-corrected chi connectivity index (χ1v) is 10.2. The number of carbonyl (C=O) groups excluding carboxylic acids is 1. The molecule has 0 saturated heterocycles. The molecule has 2 heterocycles. The zero-order valence-corrected chi connectivity index (χ0v) is 17.1. The molecule has 0 saturated carbocycles. The molecule has 0 bridgehead atoms. The minimum absolute atomic E-state index is 0.123. The number of nitrogens with one attached hydrogen (secondary N) is 1. The predicted octanol–water partition coefficient (Wildman–Crippen LogP) is 5.56.